The van der Waals surface area contributed by atoms with Crippen LogP contribution in [0, 0.1) is 0 Å². The number of amides is 1. The standard InChI is InChI=1S/C15H21NO5/c1-2-16(9-8-15(18)19)14(17)12-20-10-11-21-13-6-4-3-5-7-13/h3-7H,2,8-12H2,1H3,(H,18,19). The lowest BCUT2D eigenvalue weighted by molar-refractivity contribution is -0.140. The van der Waals surface area contributed by atoms with Gasteiger partial charge in [0.25, 0.3) is 0 Å². The number of rotatable bonds is 10. The second-order valence-corrected chi connectivity index (χ2v) is 4.33. The van der Waals surface area contributed by atoms with E-state index in [-0.39, 0.29) is 25.5 Å². The number of nitrogens with zero attached hydrogens (tertiary/aromatic N) is 1. The predicted molar refractivity (Wildman–Crippen MR) is 77.3 cm³/mol. The minimum atomic E-state index is -0.918. The topological polar surface area (TPSA) is 76.1 Å². The normalized spacial score (nSPS) is 10.1. The first kappa shape index (κ1) is 17.0. The molecule has 1 aromatic carbocycles. The molecule has 6 heteroatoms. The van der Waals surface area contributed by atoms with Crippen LogP contribution in [0.4, 0.5) is 0 Å². The first-order valence-corrected chi connectivity index (χ1v) is 6.88. The number of carbonyl (C=O) groups is 2. The second kappa shape index (κ2) is 9.77. The number of hydrogen-bond acceptors (Lipinski definition) is 4. The van der Waals surface area contributed by atoms with Crippen molar-refractivity contribution in [1.82, 2.24) is 4.90 Å². The summed E-state index contributed by atoms with van der Waals surface area (Å²) in [5, 5.41) is 8.61. The molecular formula is C15H21NO5. The molecule has 0 unspecified atom stereocenters. The number of para-hydroxylation sites is 1. The van der Waals surface area contributed by atoms with Crippen LogP contribution in [-0.4, -0.2) is 54.8 Å². The summed E-state index contributed by atoms with van der Waals surface area (Å²) in [6.45, 7) is 3.07. The summed E-state index contributed by atoms with van der Waals surface area (Å²) in [6.07, 6.45) is -0.0588. The van der Waals surface area contributed by atoms with Crippen molar-refractivity contribution in [3.8, 4) is 5.75 Å². The third-order valence-corrected chi connectivity index (χ3v) is 2.80. The van der Waals surface area contributed by atoms with Crippen LogP contribution in [0.1, 0.15) is 13.3 Å². The Morgan fingerprint density at radius 3 is 2.52 bits per heavy atom. The maximum Gasteiger partial charge on any atom is 0.305 e. The number of carbonyl (C=O) groups excluding carboxylic acids is 1. The molecule has 0 aliphatic heterocycles. The summed E-state index contributed by atoms with van der Waals surface area (Å²) in [6, 6.07) is 9.34. The van der Waals surface area contributed by atoms with E-state index in [2.05, 4.69) is 0 Å². The van der Waals surface area contributed by atoms with Gasteiger partial charge >= 0.3 is 5.97 Å². The number of aliphatic carboxylic acids is 1. The highest BCUT2D eigenvalue weighted by Crippen LogP contribution is 2.07. The van der Waals surface area contributed by atoms with Crippen molar-refractivity contribution in [3.63, 3.8) is 0 Å². The Balaban J connectivity index is 2.15. The fourth-order valence-electron chi connectivity index (χ4n) is 1.68. The van der Waals surface area contributed by atoms with Crippen LogP contribution in [0.3, 0.4) is 0 Å². The van der Waals surface area contributed by atoms with Crippen molar-refractivity contribution in [2.45, 2.75) is 13.3 Å². The molecule has 1 rings (SSSR count). The molecule has 0 bridgehead atoms. The minimum absolute atomic E-state index is 0.0588. The van der Waals surface area contributed by atoms with Crippen molar-refractivity contribution in [2.75, 3.05) is 32.9 Å². The first-order chi connectivity index (χ1) is 10.1. The van der Waals surface area contributed by atoms with Gasteiger partial charge in [0, 0.05) is 13.1 Å². The summed E-state index contributed by atoms with van der Waals surface area (Å²) in [7, 11) is 0. The molecule has 0 saturated heterocycles. The van der Waals surface area contributed by atoms with Gasteiger partial charge in [-0.05, 0) is 19.1 Å². The zero-order valence-corrected chi connectivity index (χ0v) is 12.2. The van der Waals surface area contributed by atoms with Crippen molar-refractivity contribution in [3.05, 3.63) is 30.3 Å². The average molecular weight is 295 g/mol. The van der Waals surface area contributed by atoms with Crippen LogP contribution in [0.25, 0.3) is 0 Å². The molecule has 0 aliphatic carbocycles. The second-order valence-electron chi connectivity index (χ2n) is 4.33. The number of carboxylic acids is 1. The average Bonchev–Trinajstić information content (AvgIpc) is 2.48. The van der Waals surface area contributed by atoms with Gasteiger partial charge in [0.2, 0.25) is 5.91 Å². The lowest BCUT2D eigenvalue weighted by Gasteiger charge is -2.19. The van der Waals surface area contributed by atoms with Gasteiger partial charge in [-0.2, -0.15) is 0 Å². The van der Waals surface area contributed by atoms with E-state index in [0.717, 1.165) is 5.75 Å². The lowest BCUT2D eigenvalue weighted by Crippen LogP contribution is -2.35. The summed E-state index contributed by atoms with van der Waals surface area (Å²) in [5.41, 5.74) is 0. The van der Waals surface area contributed by atoms with Gasteiger partial charge < -0.3 is 19.5 Å². The number of benzene rings is 1. The Hall–Kier alpha value is -2.08. The van der Waals surface area contributed by atoms with E-state index in [1.165, 1.54) is 4.90 Å². The maximum atomic E-state index is 11.8. The largest absolute Gasteiger partial charge is 0.491 e. The number of hydrogen-bond donors (Lipinski definition) is 1. The fourth-order valence-corrected chi connectivity index (χ4v) is 1.68. The molecule has 6 nitrogen and oxygen atoms in total. The van der Waals surface area contributed by atoms with Gasteiger partial charge in [-0.1, -0.05) is 18.2 Å². The highest BCUT2D eigenvalue weighted by molar-refractivity contribution is 5.78. The molecule has 0 fully saturated rings. The van der Waals surface area contributed by atoms with Crippen molar-refractivity contribution in [2.24, 2.45) is 0 Å². The van der Waals surface area contributed by atoms with Crippen LogP contribution in [-0.2, 0) is 14.3 Å². The number of carboxylic acid groups (broad SMARTS) is 1. The van der Waals surface area contributed by atoms with Crippen molar-refractivity contribution < 1.29 is 24.2 Å². The summed E-state index contributed by atoms with van der Waals surface area (Å²) in [4.78, 5) is 23.7. The Kier molecular flexibility index (Phi) is 7.89. The van der Waals surface area contributed by atoms with Gasteiger partial charge in [-0.3, -0.25) is 9.59 Å². The Bertz CT molecular complexity index is 435. The molecule has 1 aromatic rings. The van der Waals surface area contributed by atoms with E-state index in [4.69, 9.17) is 14.6 Å². The summed E-state index contributed by atoms with van der Waals surface area (Å²) in [5.74, 6) is -0.374. The zero-order valence-electron chi connectivity index (χ0n) is 12.2. The lowest BCUT2D eigenvalue weighted by atomic mass is 10.3. The molecule has 116 valence electrons. The van der Waals surface area contributed by atoms with E-state index in [9.17, 15) is 9.59 Å². The van der Waals surface area contributed by atoms with Gasteiger partial charge in [0.1, 0.15) is 19.0 Å². The summed E-state index contributed by atoms with van der Waals surface area (Å²) < 4.78 is 10.7. The third kappa shape index (κ3) is 7.31. The molecule has 1 N–H and O–H groups in total. The fraction of sp³-hybridized carbons (Fsp3) is 0.467. The highest BCUT2D eigenvalue weighted by atomic mass is 16.5. The molecule has 1 amide bonds. The Morgan fingerprint density at radius 1 is 1.19 bits per heavy atom. The van der Waals surface area contributed by atoms with Crippen molar-refractivity contribution in [1.29, 1.82) is 0 Å². The molecule has 0 heterocycles. The predicted octanol–water partition coefficient (Wildman–Crippen LogP) is 1.41. The molecule has 0 radical (unpaired) electrons. The summed E-state index contributed by atoms with van der Waals surface area (Å²) >= 11 is 0. The minimum Gasteiger partial charge on any atom is -0.491 e. The van der Waals surface area contributed by atoms with Crippen LogP contribution in [0.15, 0.2) is 30.3 Å². The molecule has 0 aromatic heterocycles. The van der Waals surface area contributed by atoms with Gasteiger partial charge in [0.05, 0.1) is 13.0 Å². The third-order valence-electron chi connectivity index (χ3n) is 2.80. The molecule has 0 saturated carbocycles. The number of likely N-dealkylation sites (N-methyl/N-ethyl adjacent to an activating group) is 1. The van der Waals surface area contributed by atoms with E-state index >= 15 is 0 Å². The molecule has 0 atom stereocenters. The first-order valence-electron chi connectivity index (χ1n) is 6.88. The Labute approximate surface area is 124 Å². The monoisotopic (exact) mass is 295 g/mol. The van der Waals surface area contributed by atoms with E-state index in [1.807, 2.05) is 30.3 Å². The van der Waals surface area contributed by atoms with Gasteiger partial charge in [-0.25, -0.2) is 0 Å². The SMILES string of the molecule is CCN(CCC(=O)O)C(=O)COCCOc1ccccc1. The molecule has 0 spiro atoms. The van der Waals surface area contributed by atoms with Crippen LogP contribution in [0.5, 0.6) is 5.75 Å². The highest BCUT2D eigenvalue weighted by Gasteiger charge is 2.12. The molecule has 0 aliphatic rings. The van der Waals surface area contributed by atoms with Crippen LogP contribution in [0.2, 0.25) is 0 Å². The zero-order chi connectivity index (χ0) is 15.5. The Morgan fingerprint density at radius 2 is 1.90 bits per heavy atom. The van der Waals surface area contributed by atoms with E-state index in [1.54, 1.807) is 6.92 Å². The van der Waals surface area contributed by atoms with E-state index < -0.39 is 5.97 Å². The van der Waals surface area contributed by atoms with Crippen LogP contribution >= 0.6 is 0 Å². The van der Waals surface area contributed by atoms with Crippen molar-refractivity contribution >= 4 is 11.9 Å². The van der Waals surface area contributed by atoms with Gasteiger partial charge in [0.15, 0.2) is 0 Å². The quantitative estimate of drug-likeness (QED) is 0.660. The smallest absolute Gasteiger partial charge is 0.305 e. The van der Waals surface area contributed by atoms with Gasteiger partial charge in [-0.15, -0.1) is 0 Å². The van der Waals surface area contributed by atoms with E-state index in [0.29, 0.717) is 19.8 Å². The molecule has 21 heavy (non-hydrogen) atoms. The maximum absolute atomic E-state index is 11.8. The number of ether oxygens (including phenoxy) is 2. The molecular weight excluding hydrogens is 274 g/mol. The van der Waals surface area contributed by atoms with Crippen LogP contribution < -0.4 is 4.74 Å².